The molecule has 5 rings (SSSR count). The molecule has 1 aliphatic rings. The fourth-order valence-electron chi connectivity index (χ4n) is 3.78. The van der Waals surface area contributed by atoms with Crippen LogP contribution in [-0.2, 0) is 11.3 Å². The summed E-state index contributed by atoms with van der Waals surface area (Å²) < 4.78 is 25.7. The number of amides is 1. The third kappa shape index (κ3) is 4.19. The second-order valence-electron chi connectivity index (χ2n) is 7.71. The van der Waals surface area contributed by atoms with Gasteiger partial charge in [-0.3, -0.25) is 14.2 Å². The number of hydrogen-bond acceptors (Lipinski definition) is 6. The molecule has 0 spiro atoms. The predicted octanol–water partition coefficient (Wildman–Crippen LogP) is 3.91. The van der Waals surface area contributed by atoms with E-state index in [9.17, 15) is 14.0 Å². The number of ether oxygens (including phenoxy) is 2. The number of carbonyl (C=O) groups is 1. The monoisotopic (exact) mass is 465 g/mol. The molecule has 9 heteroatoms. The van der Waals surface area contributed by atoms with Crippen molar-refractivity contribution in [1.29, 1.82) is 0 Å². The van der Waals surface area contributed by atoms with Crippen LogP contribution >= 0.6 is 11.3 Å². The van der Waals surface area contributed by atoms with E-state index in [0.717, 1.165) is 11.1 Å². The van der Waals surface area contributed by atoms with Crippen LogP contribution in [0, 0.1) is 5.82 Å². The van der Waals surface area contributed by atoms with Gasteiger partial charge < -0.3 is 14.8 Å². The highest BCUT2D eigenvalue weighted by atomic mass is 32.1. The summed E-state index contributed by atoms with van der Waals surface area (Å²) in [6, 6.07) is 11.2. The zero-order valence-electron chi connectivity index (χ0n) is 17.7. The molecule has 0 saturated heterocycles. The van der Waals surface area contributed by atoms with E-state index < -0.39 is 0 Å². The van der Waals surface area contributed by atoms with Crippen LogP contribution in [0.25, 0.3) is 21.3 Å². The van der Waals surface area contributed by atoms with E-state index in [-0.39, 0.29) is 29.9 Å². The molecule has 0 fully saturated rings. The minimum absolute atomic E-state index is 0.171. The number of nitrogens with zero attached hydrogens (tertiary/aromatic N) is 2. The lowest BCUT2D eigenvalue weighted by Gasteiger charge is -2.21. The van der Waals surface area contributed by atoms with Gasteiger partial charge in [-0.1, -0.05) is 18.2 Å². The number of benzene rings is 2. The smallest absolute Gasteiger partial charge is 0.263 e. The summed E-state index contributed by atoms with van der Waals surface area (Å²) in [4.78, 5) is 30.8. The number of carbonyl (C=O) groups excluding carboxylic acids is 1. The molecule has 0 bridgehead atoms. The number of hydrogen-bond donors (Lipinski definition) is 1. The van der Waals surface area contributed by atoms with Crippen LogP contribution in [0.1, 0.15) is 18.5 Å². The molecule has 1 aliphatic heterocycles. The third-order valence-corrected chi connectivity index (χ3v) is 6.36. The first kappa shape index (κ1) is 21.1. The SMILES string of the molecule is C[C@H](NC(=O)Cn1cnc2scc(-c3ccc(F)cc3)c2c1=O)c1ccc2c(c1)OCCO2. The highest BCUT2D eigenvalue weighted by molar-refractivity contribution is 7.17. The normalized spacial score (nSPS) is 13.6. The van der Waals surface area contributed by atoms with Crippen molar-refractivity contribution in [1.82, 2.24) is 14.9 Å². The Hall–Kier alpha value is -3.72. The maximum atomic E-state index is 13.3. The van der Waals surface area contributed by atoms with Crippen LogP contribution in [0.4, 0.5) is 4.39 Å². The van der Waals surface area contributed by atoms with Crippen LogP contribution < -0.4 is 20.3 Å². The second-order valence-corrected chi connectivity index (χ2v) is 8.56. The molecule has 0 unspecified atom stereocenters. The zero-order chi connectivity index (χ0) is 22.9. The topological polar surface area (TPSA) is 82.5 Å². The highest BCUT2D eigenvalue weighted by Gasteiger charge is 2.18. The molecule has 33 heavy (non-hydrogen) atoms. The van der Waals surface area contributed by atoms with Crippen molar-refractivity contribution in [3.8, 4) is 22.6 Å². The zero-order valence-corrected chi connectivity index (χ0v) is 18.5. The van der Waals surface area contributed by atoms with Crippen LogP contribution in [-0.4, -0.2) is 28.7 Å². The lowest BCUT2D eigenvalue weighted by Crippen LogP contribution is -2.34. The molecule has 2 aromatic heterocycles. The largest absolute Gasteiger partial charge is 0.486 e. The average Bonchev–Trinajstić information content (AvgIpc) is 3.26. The quantitative estimate of drug-likeness (QED) is 0.483. The molecular weight excluding hydrogens is 445 g/mol. The van der Waals surface area contributed by atoms with E-state index in [1.54, 1.807) is 12.1 Å². The van der Waals surface area contributed by atoms with Crippen molar-refractivity contribution in [2.75, 3.05) is 13.2 Å². The van der Waals surface area contributed by atoms with E-state index in [2.05, 4.69) is 10.3 Å². The van der Waals surface area contributed by atoms with Gasteiger partial charge in [-0.05, 0) is 42.3 Å². The van der Waals surface area contributed by atoms with Crippen molar-refractivity contribution in [2.24, 2.45) is 0 Å². The number of halogens is 1. The number of nitrogens with one attached hydrogen (secondary N) is 1. The van der Waals surface area contributed by atoms with Gasteiger partial charge in [0.05, 0.1) is 17.8 Å². The summed E-state index contributed by atoms with van der Waals surface area (Å²) in [5, 5.41) is 5.15. The van der Waals surface area contributed by atoms with Crippen LogP contribution in [0.3, 0.4) is 0 Å². The maximum Gasteiger partial charge on any atom is 0.263 e. The van der Waals surface area contributed by atoms with Gasteiger partial charge in [0, 0.05) is 10.9 Å². The van der Waals surface area contributed by atoms with Crippen LogP contribution in [0.5, 0.6) is 11.5 Å². The lowest BCUT2D eigenvalue weighted by molar-refractivity contribution is -0.122. The summed E-state index contributed by atoms with van der Waals surface area (Å²) in [7, 11) is 0. The molecule has 2 aromatic carbocycles. The highest BCUT2D eigenvalue weighted by Crippen LogP contribution is 2.33. The fourth-order valence-corrected chi connectivity index (χ4v) is 4.68. The van der Waals surface area contributed by atoms with Crippen molar-refractivity contribution < 1.29 is 18.7 Å². The fraction of sp³-hybridized carbons (Fsp3) is 0.208. The second kappa shape index (κ2) is 8.67. The molecule has 3 heterocycles. The van der Waals surface area contributed by atoms with Crippen LogP contribution in [0.15, 0.2) is 59.0 Å². The van der Waals surface area contributed by atoms with Gasteiger partial charge in [-0.15, -0.1) is 11.3 Å². The van der Waals surface area contributed by atoms with Gasteiger partial charge in [0.2, 0.25) is 5.91 Å². The molecule has 0 saturated carbocycles. The van der Waals surface area contributed by atoms with Gasteiger partial charge >= 0.3 is 0 Å². The minimum Gasteiger partial charge on any atom is -0.486 e. The number of thiophene rings is 1. The Morgan fingerprint density at radius 2 is 1.94 bits per heavy atom. The van der Waals surface area contributed by atoms with Gasteiger partial charge in [0.15, 0.2) is 11.5 Å². The van der Waals surface area contributed by atoms with E-state index in [4.69, 9.17) is 9.47 Å². The Balaban J connectivity index is 1.36. The molecule has 1 N–H and O–H groups in total. The Kier molecular flexibility index (Phi) is 5.55. The van der Waals surface area contributed by atoms with Gasteiger partial charge in [-0.2, -0.15) is 0 Å². The Morgan fingerprint density at radius 1 is 1.18 bits per heavy atom. The van der Waals surface area contributed by atoms with E-state index in [0.29, 0.717) is 40.5 Å². The van der Waals surface area contributed by atoms with Crippen molar-refractivity contribution in [3.63, 3.8) is 0 Å². The molecule has 4 aromatic rings. The average molecular weight is 466 g/mol. The molecule has 7 nitrogen and oxygen atoms in total. The van der Waals surface area contributed by atoms with Crippen molar-refractivity contribution >= 4 is 27.5 Å². The first-order chi connectivity index (χ1) is 16.0. The summed E-state index contributed by atoms with van der Waals surface area (Å²) in [6.07, 6.45) is 1.38. The first-order valence-electron chi connectivity index (χ1n) is 10.4. The van der Waals surface area contributed by atoms with Crippen LogP contribution in [0.2, 0.25) is 0 Å². The van der Waals surface area contributed by atoms with E-state index >= 15 is 0 Å². The molecule has 1 atom stereocenters. The summed E-state index contributed by atoms with van der Waals surface area (Å²) in [5.41, 5.74) is 1.94. The Labute approximate surface area is 192 Å². The molecule has 1 amide bonds. The molecule has 168 valence electrons. The van der Waals surface area contributed by atoms with Gasteiger partial charge in [0.25, 0.3) is 5.56 Å². The summed E-state index contributed by atoms with van der Waals surface area (Å²) in [5.74, 6) is 0.663. The Bertz CT molecular complexity index is 1400. The van der Waals surface area contributed by atoms with Crippen molar-refractivity contribution in [2.45, 2.75) is 19.5 Å². The van der Waals surface area contributed by atoms with Gasteiger partial charge in [-0.25, -0.2) is 9.37 Å². The third-order valence-electron chi connectivity index (χ3n) is 5.47. The van der Waals surface area contributed by atoms with E-state index in [1.807, 2.05) is 30.5 Å². The lowest BCUT2D eigenvalue weighted by atomic mass is 10.1. The first-order valence-corrected chi connectivity index (χ1v) is 11.3. The summed E-state index contributed by atoms with van der Waals surface area (Å²) in [6.45, 7) is 2.69. The number of fused-ring (bicyclic) bond motifs is 2. The standard InChI is InChI=1S/C24H20FN3O4S/c1-14(16-4-7-19-20(10-16)32-9-8-31-19)27-21(29)11-28-13-26-23-22(24(28)30)18(12-33-23)15-2-5-17(25)6-3-15/h2-7,10,12-14H,8-9,11H2,1H3,(H,27,29)/t14-/m0/s1. The molecule has 0 radical (unpaired) electrons. The minimum atomic E-state index is -0.349. The molecular formula is C24H20FN3O4S. The maximum absolute atomic E-state index is 13.3. The number of rotatable bonds is 5. The Morgan fingerprint density at radius 3 is 2.73 bits per heavy atom. The number of aromatic nitrogens is 2. The van der Waals surface area contributed by atoms with Crippen molar-refractivity contribution in [3.05, 3.63) is 75.9 Å². The summed E-state index contributed by atoms with van der Waals surface area (Å²) >= 11 is 1.33. The predicted molar refractivity (Wildman–Crippen MR) is 123 cm³/mol. The van der Waals surface area contributed by atoms with Gasteiger partial charge in [0.1, 0.15) is 30.4 Å². The van der Waals surface area contributed by atoms with E-state index in [1.165, 1.54) is 34.4 Å². The molecule has 0 aliphatic carbocycles.